The minimum absolute atomic E-state index is 0.0136. The number of ether oxygens (including phenoxy) is 1. The fraction of sp³-hybridized carbons (Fsp3) is 0.182. The van der Waals surface area contributed by atoms with Gasteiger partial charge in [0.25, 0.3) is 0 Å². The lowest BCUT2D eigenvalue weighted by molar-refractivity contribution is 0.0891. The van der Waals surface area contributed by atoms with Gasteiger partial charge in [-0.1, -0.05) is 12.1 Å². The molecular formula is C11H11N3O2S. The van der Waals surface area contributed by atoms with Crippen molar-refractivity contribution in [1.29, 1.82) is 0 Å². The van der Waals surface area contributed by atoms with Crippen molar-refractivity contribution in [1.82, 2.24) is 5.43 Å². The lowest BCUT2D eigenvalue weighted by Gasteiger charge is -2.21. The van der Waals surface area contributed by atoms with Gasteiger partial charge in [-0.2, -0.15) is 5.10 Å². The number of thiocarbonyl (C=S) groups is 1. The molecule has 1 unspecified atom stereocenters. The molecule has 0 spiro atoms. The number of benzene rings is 1. The van der Waals surface area contributed by atoms with Crippen LogP contribution in [0.3, 0.4) is 0 Å². The molecule has 0 aromatic heterocycles. The highest BCUT2D eigenvalue weighted by molar-refractivity contribution is 7.80. The molecule has 88 valence electrons. The van der Waals surface area contributed by atoms with E-state index in [0.717, 1.165) is 0 Å². The number of hydrogen-bond donors (Lipinski definition) is 2. The van der Waals surface area contributed by atoms with Gasteiger partial charge in [-0.3, -0.25) is 10.2 Å². The van der Waals surface area contributed by atoms with Crippen molar-refractivity contribution in [2.75, 3.05) is 6.61 Å². The summed E-state index contributed by atoms with van der Waals surface area (Å²) in [6.45, 7) is 0.276. The van der Waals surface area contributed by atoms with Gasteiger partial charge in [0.05, 0.1) is 11.5 Å². The molecule has 0 aliphatic carbocycles. The van der Waals surface area contributed by atoms with Crippen LogP contribution in [-0.4, -0.2) is 23.7 Å². The number of nitrogens with one attached hydrogen (secondary N) is 1. The zero-order chi connectivity index (χ0) is 12.3. The highest BCUT2D eigenvalue weighted by Crippen LogP contribution is 2.25. The van der Waals surface area contributed by atoms with Crippen LogP contribution in [0.5, 0.6) is 5.75 Å². The Morgan fingerprint density at radius 2 is 2.35 bits per heavy atom. The third-order valence-electron chi connectivity index (χ3n) is 2.34. The monoisotopic (exact) mass is 249 g/mol. The Balaban J connectivity index is 2.12. The first kappa shape index (κ1) is 11.5. The predicted molar refractivity (Wildman–Crippen MR) is 68.2 cm³/mol. The van der Waals surface area contributed by atoms with Gasteiger partial charge < -0.3 is 10.5 Å². The largest absolute Gasteiger partial charge is 0.492 e. The van der Waals surface area contributed by atoms with E-state index in [1.807, 2.05) is 6.07 Å². The van der Waals surface area contributed by atoms with E-state index in [1.165, 1.54) is 6.21 Å². The molecule has 17 heavy (non-hydrogen) atoms. The maximum absolute atomic E-state index is 12.0. The smallest absolute Gasteiger partial charge is 0.184 e. The number of hydrazone groups is 1. The summed E-state index contributed by atoms with van der Waals surface area (Å²) < 4.78 is 5.46. The first-order chi connectivity index (χ1) is 8.18. The second-order valence-corrected chi connectivity index (χ2v) is 3.97. The van der Waals surface area contributed by atoms with E-state index in [0.29, 0.717) is 11.3 Å². The van der Waals surface area contributed by atoms with Crippen LogP contribution in [0.2, 0.25) is 0 Å². The van der Waals surface area contributed by atoms with Crippen molar-refractivity contribution in [3.63, 3.8) is 0 Å². The standard InChI is InChI=1S/C11H11N3O2S/c12-11(17)14-13-5-7-6-16-9-4-2-1-3-8(9)10(7)15/h1-5,7H,6H2,(H3,12,14,17). The van der Waals surface area contributed by atoms with Crippen LogP contribution in [0.25, 0.3) is 0 Å². The lowest BCUT2D eigenvalue weighted by atomic mass is 9.96. The minimum atomic E-state index is -0.410. The number of nitrogens with two attached hydrogens (primary N) is 1. The zero-order valence-corrected chi connectivity index (χ0v) is 9.74. The Morgan fingerprint density at radius 1 is 1.59 bits per heavy atom. The topological polar surface area (TPSA) is 76.7 Å². The number of nitrogens with zero attached hydrogens (tertiary/aromatic N) is 1. The SMILES string of the molecule is NC(=S)NN=CC1COc2ccccc2C1=O. The Bertz CT molecular complexity index is 487. The maximum Gasteiger partial charge on any atom is 0.184 e. The molecule has 5 nitrogen and oxygen atoms in total. The van der Waals surface area contributed by atoms with E-state index >= 15 is 0 Å². The van der Waals surface area contributed by atoms with Crippen molar-refractivity contribution < 1.29 is 9.53 Å². The molecule has 1 aromatic rings. The van der Waals surface area contributed by atoms with Gasteiger partial charge in [0.1, 0.15) is 12.4 Å². The highest BCUT2D eigenvalue weighted by atomic mass is 32.1. The first-order valence-corrected chi connectivity index (χ1v) is 5.44. The molecule has 0 saturated heterocycles. The summed E-state index contributed by atoms with van der Waals surface area (Å²) in [5.41, 5.74) is 8.19. The number of rotatable bonds is 2. The summed E-state index contributed by atoms with van der Waals surface area (Å²) in [5, 5.41) is 3.84. The molecule has 0 bridgehead atoms. The number of para-hydroxylation sites is 1. The summed E-state index contributed by atoms with van der Waals surface area (Å²) in [7, 11) is 0. The molecule has 0 saturated carbocycles. The average Bonchev–Trinajstić information content (AvgIpc) is 2.32. The summed E-state index contributed by atoms with van der Waals surface area (Å²) in [6, 6.07) is 7.13. The van der Waals surface area contributed by atoms with E-state index < -0.39 is 5.92 Å². The van der Waals surface area contributed by atoms with Gasteiger partial charge in [0.15, 0.2) is 10.9 Å². The second-order valence-electron chi connectivity index (χ2n) is 3.53. The van der Waals surface area contributed by atoms with Gasteiger partial charge >= 0.3 is 0 Å². The third-order valence-corrected chi connectivity index (χ3v) is 2.43. The molecule has 1 aliphatic heterocycles. The number of Topliss-reactive ketones (excluding diaryl/α,β-unsaturated/α-hetero) is 1. The Kier molecular flexibility index (Phi) is 3.34. The van der Waals surface area contributed by atoms with Crippen LogP contribution in [0.4, 0.5) is 0 Å². The van der Waals surface area contributed by atoms with Crippen molar-refractivity contribution in [2.45, 2.75) is 0 Å². The van der Waals surface area contributed by atoms with Crippen molar-refractivity contribution >= 4 is 29.3 Å². The Labute approximate surface area is 104 Å². The molecule has 1 aliphatic rings. The number of carbonyl (C=O) groups is 1. The van der Waals surface area contributed by atoms with Gasteiger partial charge in [0.2, 0.25) is 0 Å². The van der Waals surface area contributed by atoms with Crippen LogP contribution < -0.4 is 15.9 Å². The molecule has 2 rings (SSSR count). The summed E-state index contributed by atoms with van der Waals surface area (Å²) in [4.78, 5) is 12.0. The maximum atomic E-state index is 12.0. The summed E-state index contributed by atoms with van der Waals surface area (Å²) in [5.74, 6) is 0.191. The number of hydrogen-bond acceptors (Lipinski definition) is 4. The Morgan fingerprint density at radius 3 is 3.12 bits per heavy atom. The third kappa shape index (κ3) is 2.59. The predicted octanol–water partition coefficient (Wildman–Crippen LogP) is 0.697. The van der Waals surface area contributed by atoms with E-state index in [1.54, 1.807) is 18.2 Å². The Hall–Kier alpha value is -1.95. The molecule has 1 heterocycles. The normalized spacial score (nSPS) is 18.6. The fourth-order valence-corrected chi connectivity index (χ4v) is 1.61. The summed E-state index contributed by atoms with van der Waals surface area (Å²) >= 11 is 4.59. The van der Waals surface area contributed by atoms with E-state index in [-0.39, 0.29) is 17.5 Å². The van der Waals surface area contributed by atoms with E-state index in [9.17, 15) is 4.79 Å². The van der Waals surface area contributed by atoms with Crippen LogP contribution in [0, 0.1) is 5.92 Å². The molecule has 0 radical (unpaired) electrons. The molecule has 3 N–H and O–H groups in total. The highest BCUT2D eigenvalue weighted by Gasteiger charge is 2.27. The molecule has 1 aromatic carbocycles. The van der Waals surface area contributed by atoms with E-state index in [4.69, 9.17) is 10.5 Å². The van der Waals surface area contributed by atoms with Crippen molar-refractivity contribution in [3.8, 4) is 5.75 Å². The second kappa shape index (κ2) is 4.92. The number of fused-ring (bicyclic) bond motifs is 1. The first-order valence-electron chi connectivity index (χ1n) is 5.03. The number of ketones is 1. The minimum Gasteiger partial charge on any atom is -0.492 e. The molecule has 0 amide bonds. The summed E-state index contributed by atoms with van der Waals surface area (Å²) in [6.07, 6.45) is 1.46. The van der Waals surface area contributed by atoms with Crippen LogP contribution in [-0.2, 0) is 0 Å². The van der Waals surface area contributed by atoms with Crippen molar-refractivity contribution in [3.05, 3.63) is 29.8 Å². The lowest BCUT2D eigenvalue weighted by Crippen LogP contribution is -2.31. The molecule has 0 fully saturated rings. The average molecular weight is 249 g/mol. The van der Waals surface area contributed by atoms with Gasteiger partial charge in [0, 0.05) is 6.21 Å². The van der Waals surface area contributed by atoms with Crippen LogP contribution in [0.15, 0.2) is 29.4 Å². The molecule has 1 atom stereocenters. The van der Waals surface area contributed by atoms with Crippen LogP contribution in [0.1, 0.15) is 10.4 Å². The fourth-order valence-electron chi connectivity index (χ4n) is 1.55. The molecule has 6 heteroatoms. The van der Waals surface area contributed by atoms with Gasteiger partial charge in [-0.25, -0.2) is 0 Å². The van der Waals surface area contributed by atoms with Gasteiger partial charge in [-0.05, 0) is 24.4 Å². The van der Waals surface area contributed by atoms with E-state index in [2.05, 4.69) is 22.7 Å². The zero-order valence-electron chi connectivity index (χ0n) is 8.92. The van der Waals surface area contributed by atoms with Gasteiger partial charge in [-0.15, -0.1) is 0 Å². The van der Waals surface area contributed by atoms with Crippen molar-refractivity contribution in [2.24, 2.45) is 16.8 Å². The van der Waals surface area contributed by atoms with Crippen LogP contribution >= 0.6 is 12.2 Å². The number of carbonyl (C=O) groups excluding carboxylic acids is 1. The quantitative estimate of drug-likeness (QED) is 0.458. The molecular weight excluding hydrogens is 238 g/mol.